The van der Waals surface area contributed by atoms with Crippen molar-refractivity contribution < 1.29 is 33.9 Å². The smallest absolute Gasteiger partial charge is 0.0635 e. The SMILES string of the molecule is OCC(COCCCCBr)(COCCCCBr)COCC(CO)(COCCCCBr)COCCCCBr. The molecule has 0 unspecified atom stereocenters. The van der Waals surface area contributed by atoms with E-state index in [1.807, 2.05) is 0 Å². The van der Waals surface area contributed by atoms with Gasteiger partial charge >= 0.3 is 0 Å². The Labute approximate surface area is 258 Å². The van der Waals surface area contributed by atoms with E-state index in [1.165, 1.54) is 0 Å². The summed E-state index contributed by atoms with van der Waals surface area (Å²) in [6.07, 6.45) is 7.95. The molecule has 0 atom stereocenters. The zero-order chi connectivity index (χ0) is 27.5. The Morgan fingerprint density at radius 2 is 0.622 bits per heavy atom. The average Bonchev–Trinajstić information content (AvgIpc) is 2.91. The molecule has 0 aromatic rings. The molecule has 0 fully saturated rings. The first-order chi connectivity index (χ1) is 18.1. The predicted molar refractivity (Wildman–Crippen MR) is 165 cm³/mol. The first-order valence-corrected chi connectivity index (χ1v) is 17.9. The Morgan fingerprint density at radius 1 is 0.378 bits per heavy atom. The van der Waals surface area contributed by atoms with Crippen LogP contribution in [0.25, 0.3) is 0 Å². The lowest BCUT2D eigenvalue weighted by atomic mass is 9.90. The van der Waals surface area contributed by atoms with E-state index in [9.17, 15) is 10.2 Å². The molecule has 37 heavy (non-hydrogen) atoms. The van der Waals surface area contributed by atoms with Gasteiger partial charge in [-0.25, -0.2) is 0 Å². The molecule has 0 aliphatic rings. The van der Waals surface area contributed by atoms with Gasteiger partial charge in [0.2, 0.25) is 0 Å². The molecule has 11 heteroatoms. The van der Waals surface area contributed by atoms with Gasteiger partial charge in [-0.1, -0.05) is 63.7 Å². The summed E-state index contributed by atoms with van der Waals surface area (Å²) in [5, 5.41) is 24.5. The van der Waals surface area contributed by atoms with E-state index in [0.29, 0.717) is 52.9 Å². The number of aliphatic hydroxyl groups is 2. The number of hydrogen-bond acceptors (Lipinski definition) is 7. The Kier molecular flexibility index (Phi) is 29.0. The van der Waals surface area contributed by atoms with Gasteiger partial charge in [0.1, 0.15) is 0 Å². The highest BCUT2D eigenvalue weighted by Gasteiger charge is 2.35. The molecule has 0 heterocycles. The molecule has 0 radical (unpaired) electrons. The topological polar surface area (TPSA) is 86.6 Å². The molecule has 0 bridgehead atoms. The third kappa shape index (κ3) is 21.1. The van der Waals surface area contributed by atoms with Crippen molar-refractivity contribution in [3.63, 3.8) is 0 Å². The molecule has 0 saturated heterocycles. The lowest BCUT2D eigenvalue weighted by Crippen LogP contribution is -2.45. The highest BCUT2D eigenvalue weighted by atomic mass is 79.9. The van der Waals surface area contributed by atoms with E-state index in [2.05, 4.69) is 63.7 Å². The number of halogens is 4. The number of aliphatic hydroxyl groups excluding tert-OH is 2. The van der Waals surface area contributed by atoms with Gasteiger partial charge in [0.05, 0.1) is 63.7 Å². The van der Waals surface area contributed by atoms with Crippen LogP contribution in [0.5, 0.6) is 0 Å². The maximum absolute atomic E-state index is 10.4. The Balaban J connectivity index is 5.09. The zero-order valence-corrected chi connectivity index (χ0v) is 28.8. The second kappa shape index (κ2) is 27.8. The van der Waals surface area contributed by atoms with Gasteiger partial charge in [0.25, 0.3) is 0 Å². The van der Waals surface area contributed by atoms with E-state index in [-0.39, 0.29) is 26.4 Å². The van der Waals surface area contributed by atoms with Gasteiger partial charge in [-0.3, -0.25) is 0 Å². The minimum Gasteiger partial charge on any atom is -0.396 e. The van der Waals surface area contributed by atoms with Crippen LogP contribution in [0.3, 0.4) is 0 Å². The van der Waals surface area contributed by atoms with E-state index in [4.69, 9.17) is 23.7 Å². The van der Waals surface area contributed by atoms with E-state index < -0.39 is 10.8 Å². The summed E-state index contributed by atoms with van der Waals surface area (Å²) < 4.78 is 29.9. The van der Waals surface area contributed by atoms with Crippen LogP contribution in [0.1, 0.15) is 51.4 Å². The highest BCUT2D eigenvalue weighted by molar-refractivity contribution is 9.09. The summed E-state index contributed by atoms with van der Waals surface area (Å²) in [7, 11) is 0. The molecule has 0 saturated carbocycles. The summed E-state index contributed by atoms with van der Waals surface area (Å²) in [6.45, 7) is 4.21. The number of alkyl halides is 4. The first-order valence-electron chi connectivity index (χ1n) is 13.4. The van der Waals surface area contributed by atoms with E-state index >= 15 is 0 Å². The van der Waals surface area contributed by atoms with Crippen molar-refractivity contribution in [2.24, 2.45) is 10.8 Å². The molecule has 0 aliphatic heterocycles. The van der Waals surface area contributed by atoms with E-state index in [1.54, 1.807) is 0 Å². The summed E-state index contributed by atoms with van der Waals surface area (Å²) in [5.41, 5.74) is -1.34. The third-order valence-electron chi connectivity index (χ3n) is 5.81. The second-order valence-corrected chi connectivity index (χ2v) is 12.8. The minimum atomic E-state index is -0.669. The van der Waals surface area contributed by atoms with Crippen molar-refractivity contribution in [1.29, 1.82) is 0 Å². The van der Waals surface area contributed by atoms with Crippen LogP contribution in [0.2, 0.25) is 0 Å². The lowest BCUT2D eigenvalue weighted by molar-refractivity contribution is -0.131. The molecule has 2 N–H and O–H groups in total. The van der Waals surface area contributed by atoms with Crippen molar-refractivity contribution >= 4 is 63.7 Å². The molecule has 0 aromatic carbocycles. The predicted octanol–water partition coefficient (Wildman–Crippen LogP) is 5.73. The number of hydrogen-bond donors (Lipinski definition) is 2. The summed E-state index contributed by atoms with van der Waals surface area (Å²) in [4.78, 5) is 0. The molecule has 0 spiro atoms. The number of rotatable bonds is 30. The summed E-state index contributed by atoms with van der Waals surface area (Å²) >= 11 is 13.8. The molecule has 0 aliphatic carbocycles. The number of ether oxygens (including phenoxy) is 5. The summed E-state index contributed by atoms with van der Waals surface area (Å²) in [6, 6.07) is 0. The van der Waals surface area contributed by atoms with Crippen LogP contribution >= 0.6 is 63.7 Å². The van der Waals surface area contributed by atoms with Crippen LogP contribution in [-0.4, -0.2) is 111 Å². The number of unbranched alkanes of at least 4 members (excludes halogenated alkanes) is 4. The fourth-order valence-electron chi connectivity index (χ4n) is 3.36. The van der Waals surface area contributed by atoms with Crippen molar-refractivity contribution in [2.45, 2.75) is 51.4 Å². The summed E-state index contributed by atoms with van der Waals surface area (Å²) in [5.74, 6) is 0. The Morgan fingerprint density at radius 3 is 0.838 bits per heavy atom. The zero-order valence-electron chi connectivity index (χ0n) is 22.4. The van der Waals surface area contributed by atoms with Crippen molar-refractivity contribution in [2.75, 3.05) is 101 Å². The lowest BCUT2D eigenvalue weighted by Gasteiger charge is -2.35. The van der Waals surface area contributed by atoms with Crippen molar-refractivity contribution in [3.05, 3.63) is 0 Å². The monoisotopic (exact) mass is 790 g/mol. The Bertz CT molecular complexity index is 410. The molecule has 0 rings (SSSR count). The van der Waals surface area contributed by atoms with Crippen LogP contribution < -0.4 is 0 Å². The fraction of sp³-hybridized carbons (Fsp3) is 1.00. The van der Waals surface area contributed by atoms with Gasteiger partial charge in [-0.15, -0.1) is 0 Å². The van der Waals surface area contributed by atoms with Crippen LogP contribution in [-0.2, 0) is 23.7 Å². The molecule has 7 nitrogen and oxygen atoms in total. The molecular formula is C26H50Br4O7. The minimum absolute atomic E-state index is 0.109. The van der Waals surface area contributed by atoms with Crippen LogP contribution in [0.15, 0.2) is 0 Å². The standard InChI is InChI=1S/C26H50Br4O7/c27-9-1-5-13-33-19-25(17-31,20-34-14-6-2-10-28)23-37-24-26(18-32,21-35-15-7-3-11-29)22-36-16-8-4-12-30/h31-32H,1-24H2. The average molecular weight is 794 g/mol. The van der Waals surface area contributed by atoms with Gasteiger partial charge in [-0.2, -0.15) is 0 Å². The van der Waals surface area contributed by atoms with Gasteiger partial charge in [0.15, 0.2) is 0 Å². The molecular weight excluding hydrogens is 744 g/mol. The van der Waals surface area contributed by atoms with Gasteiger partial charge in [0, 0.05) is 47.7 Å². The molecule has 0 aromatic heterocycles. The van der Waals surface area contributed by atoms with E-state index in [0.717, 1.165) is 72.7 Å². The maximum atomic E-state index is 10.4. The fourth-order valence-corrected chi connectivity index (χ4v) is 4.94. The highest BCUT2D eigenvalue weighted by Crippen LogP contribution is 2.24. The normalized spacial score (nSPS) is 12.5. The third-order valence-corrected chi connectivity index (χ3v) is 8.05. The Hall–Kier alpha value is 1.64. The molecule has 224 valence electrons. The molecule has 0 amide bonds. The first kappa shape index (κ1) is 38.6. The van der Waals surface area contributed by atoms with Crippen LogP contribution in [0.4, 0.5) is 0 Å². The quantitative estimate of drug-likeness (QED) is 0.0711. The van der Waals surface area contributed by atoms with Crippen LogP contribution in [0, 0.1) is 10.8 Å². The van der Waals surface area contributed by atoms with Crippen molar-refractivity contribution in [3.8, 4) is 0 Å². The van der Waals surface area contributed by atoms with Gasteiger partial charge < -0.3 is 33.9 Å². The maximum Gasteiger partial charge on any atom is 0.0635 e. The van der Waals surface area contributed by atoms with Crippen molar-refractivity contribution in [1.82, 2.24) is 0 Å². The largest absolute Gasteiger partial charge is 0.396 e. The second-order valence-electron chi connectivity index (χ2n) is 9.60. The van der Waals surface area contributed by atoms with Gasteiger partial charge in [-0.05, 0) is 51.4 Å².